The molecule has 19 heavy (non-hydrogen) atoms. The van der Waals surface area contributed by atoms with Crippen LogP contribution in [-0.4, -0.2) is 16.7 Å². The molecule has 0 fully saturated rings. The molecule has 0 bridgehead atoms. The van der Waals surface area contributed by atoms with Gasteiger partial charge in [-0.2, -0.15) is 0 Å². The van der Waals surface area contributed by atoms with Crippen molar-refractivity contribution in [3.8, 4) is 0 Å². The zero-order valence-corrected chi connectivity index (χ0v) is 12.5. The van der Waals surface area contributed by atoms with Crippen LogP contribution in [0.4, 0.5) is 0 Å². The second kappa shape index (κ2) is 4.68. The molecule has 0 saturated heterocycles. The third-order valence-electron chi connectivity index (χ3n) is 4.34. The molecule has 1 heterocycles. The van der Waals surface area contributed by atoms with Crippen molar-refractivity contribution in [1.29, 1.82) is 0 Å². The third-order valence-corrected chi connectivity index (χ3v) is 4.34. The van der Waals surface area contributed by atoms with E-state index in [9.17, 15) is 0 Å². The van der Waals surface area contributed by atoms with E-state index in [0.29, 0.717) is 12.1 Å². The number of rotatable bonds is 2. The summed E-state index contributed by atoms with van der Waals surface area (Å²) in [5.41, 5.74) is 5.86. The molecule has 1 aromatic carbocycles. The Labute approximate surface area is 115 Å². The smallest absolute Gasteiger partial charge is 0.0485 e. The molecule has 2 nitrogen and oxygen atoms in total. The number of hydrogen-bond donors (Lipinski definition) is 1. The number of nitrogens with zero attached hydrogens (tertiary/aromatic N) is 1. The maximum atomic E-state index is 3.70. The first-order valence-corrected chi connectivity index (χ1v) is 7.39. The standard InChI is InChI=1S/C17H24N2/c1-11(2)18-13-6-8-16-15(10-13)14-7-5-12(3)9-17(14)19(16)4/h5,7,9,11,13,18H,6,8,10H2,1-4H3. The van der Waals surface area contributed by atoms with Gasteiger partial charge in [-0.3, -0.25) is 0 Å². The molecule has 2 aromatic rings. The Morgan fingerprint density at radius 3 is 2.84 bits per heavy atom. The maximum absolute atomic E-state index is 3.70. The number of hydrogen-bond acceptors (Lipinski definition) is 1. The Kier molecular flexibility index (Phi) is 3.14. The zero-order valence-electron chi connectivity index (χ0n) is 12.5. The normalized spacial score (nSPS) is 19.1. The molecule has 0 spiro atoms. The molecule has 1 N–H and O–H groups in total. The van der Waals surface area contributed by atoms with Crippen molar-refractivity contribution >= 4 is 10.9 Å². The number of fused-ring (bicyclic) bond motifs is 3. The molecular formula is C17H24N2. The van der Waals surface area contributed by atoms with Gasteiger partial charge in [-0.15, -0.1) is 0 Å². The number of aromatic nitrogens is 1. The molecule has 1 aliphatic rings. The molecule has 2 heteroatoms. The van der Waals surface area contributed by atoms with Crippen LogP contribution in [0.2, 0.25) is 0 Å². The predicted octanol–water partition coefficient (Wildman–Crippen LogP) is 3.34. The van der Waals surface area contributed by atoms with E-state index in [1.165, 1.54) is 35.7 Å². The number of benzene rings is 1. The van der Waals surface area contributed by atoms with Crippen molar-refractivity contribution in [2.45, 2.75) is 52.1 Å². The summed E-state index contributed by atoms with van der Waals surface area (Å²) in [6, 6.07) is 8.07. The summed E-state index contributed by atoms with van der Waals surface area (Å²) in [4.78, 5) is 0. The van der Waals surface area contributed by atoms with Gasteiger partial charge in [0.15, 0.2) is 0 Å². The summed E-state index contributed by atoms with van der Waals surface area (Å²) in [7, 11) is 2.22. The fourth-order valence-corrected chi connectivity index (χ4v) is 3.50. The summed E-state index contributed by atoms with van der Waals surface area (Å²) >= 11 is 0. The SMILES string of the molecule is Cc1ccc2c3c(n(C)c2c1)CCC(NC(C)C)C3. The van der Waals surface area contributed by atoms with Gasteiger partial charge in [0, 0.05) is 35.7 Å². The number of aryl methyl sites for hydroxylation is 2. The highest BCUT2D eigenvalue weighted by Crippen LogP contribution is 2.32. The van der Waals surface area contributed by atoms with E-state index in [2.05, 4.69) is 55.9 Å². The lowest BCUT2D eigenvalue weighted by atomic mass is 9.91. The monoisotopic (exact) mass is 256 g/mol. The molecule has 1 aromatic heterocycles. The Hall–Kier alpha value is -1.28. The minimum atomic E-state index is 0.573. The van der Waals surface area contributed by atoms with Crippen LogP contribution in [0.3, 0.4) is 0 Å². The second-order valence-corrected chi connectivity index (χ2v) is 6.27. The van der Waals surface area contributed by atoms with E-state index in [0.717, 1.165) is 0 Å². The molecular weight excluding hydrogens is 232 g/mol. The van der Waals surface area contributed by atoms with Gasteiger partial charge in [0.05, 0.1) is 0 Å². The van der Waals surface area contributed by atoms with Gasteiger partial charge >= 0.3 is 0 Å². The average molecular weight is 256 g/mol. The summed E-state index contributed by atoms with van der Waals surface area (Å²) in [5.74, 6) is 0. The van der Waals surface area contributed by atoms with Crippen molar-refractivity contribution in [1.82, 2.24) is 9.88 Å². The van der Waals surface area contributed by atoms with Gasteiger partial charge in [-0.25, -0.2) is 0 Å². The van der Waals surface area contributed by atoms with Crippen molar-refractivity contribution in [2.75, 3.05) is 0 Å². The van der Waals surface area contributed by atoms with Crippen LogP contribution in [0.25, 0.3) is 10.9 Å². The van der Waals surface area contributed by atoms with Crippen LogP contribution >= 0.6 is 0 Å². The number of nitrogens with one attached hydrogen (secondary N) is 1. The van der Waals surface area contributed by atoms with Crippen LogP contribution in [0.5, 0.6) is 0 Å². The Morgan fingerprint density at radius 1 is 1.32 bits per heavy atom. The fourth-order valence-electron chi connectivity index (χ4n) is 3.50. The van der Waals surface area contributed by atoms with E-state index in [4.69, 9.17) is 0 Å². The first kappa shape index (κ1) is 12.7. The fraction of sp³-hybridized carbons (Fsp3) is 0.529. The molecule has 0 saturated carbocycles. The molecule has 102 valence electrons. The largest absolute Gasteiger partial charge is 0.347 e. The van der Waals surface area contributed by atoms with Gasteiger partial charge in [0.25, 0.3) is 0 Å². The first-order chi connectivity index (χ1) is 9.06. The van der Waals surface area contributed by atoms with Crippen LogP contribution < -0.4 is 5.32 Å². The minimum absolute atomic E-state index is 0.573. The summed E-state index contributed by atoms with van der Waals surface area (Å²) in [6.07, 6.45) is 3.63. The van der Waals surface area contributed by atoms with Crippen LogP contribution in [-0.2, 0) is 19.9 Å². The first-order valence-electron chi connectivity index (χ1n) is 7.39. The zero-order chi connectivity index (χ0) is 13.6. The molecule has 1 unspecified atom stereocenters. The second-order valence-electron chi connectivity index (χ2n) is 6.27. The highest BCUT2D eigenvalue weighted by Gasteiger charge is 2.24. The Morgan fingerprint density at radius 2 is 2.11 bits per heavy atom. The minimum Gasteiger partial charge on any atom is -0.347 e. The quantitative estimate of drug-likeness (QED) is 0.872. The summed E-state index contributed by atoms with van der Waals surface area (Å²) in [6.45, 7) is 6.65. The van der Waals surface area contributed by atoms with Gasteiger partial charge in [0.1, 0.15) is 0 Å². The van der Waals surface area contributed by atoms with E-state index in [1.54, 1.807) is 11.3 Å². The molecule has 1 atom stereocenters. The van der Waals surface area contributed by atoms with Crippen molar-refractivity contribution < 1.29 is 0 Å². The molecule has 1 aliphatic carbocycles. The highest BCUT2D eigenvalue weighted by molar-refractivity contribution is 5.86. The molecule has 0 radical (unpaired) electrons. The van der Waals surface area contributed by atoms with Gasteiger partial charge < -0.3 is 9.88 Å². The van der Waals surface area contributed by atoms with E-state index >= 15 is 0 Å². The average Bonchev–Trinajstić information content (AvgIpc) is 2.62. The maximum Gasteiger partial charge on any atom is 0.0485 e. The van der Waals surface area contributed by atoms with Gasteiger partial charge in [-0.05, 0) is 43.4 Å². The lowest BCUT2D eigenvalue weighted by Crippen LogP contribution is -2.38. The Balaban J connectivity index is 2.04. The molecule has 0 amide bonds. The third kappa shape index (κ3) is 2.18. The van der Waals surface area contributed by atoms with Gasteiger partial charge in [0.2, 0.25) is 0 Å². The van der Waals surface area contributed by atoms with Crippen LogP contribution in [0.15, 0.2) is 18.2 Å². The van der Waals surface area contributed by atoms with Crippen molar-refractivity contribution in [2.24, 2.45) is 7.05 Å². The topological polar surface area (TPSA) is 17.0 Å². The van der Waals surface area contributed by atoms with Crippen molar-refractivity contribution in [3.63, 3.8) is 0 Å². The predicted molar refractivity (Wildman–Crippen MR) is 81.7 cm³/mol. The van der Waals surface area contributed by atoms with E-state index < -0.39 is 0 Å². The lowest BCUT2D eigenvalue weighted by molar-refractivity contribution is 0.418. The summed E-state index contributed by atoms with van der Waals surface area (Å²) in [5, 5.41) is 5.16. The molecule has 3 rings (SSSR count). The van der Waals surface area contributed by atoms with E-state index in [-0.39, 0.29) is 0 Å². The van der Waals surface area contributed by atoms with Crippen LogP contribution in [0.1, 0.15) is 37.1 Å². The van der Waals surface area contributed by atoms with Crippen LogP contribution in [0, 0.1) is 6.92 Å². The Bertz CT molecular complexity index is 607. The van der Waals surface area contributed by atoms with Gasteiger partial charge in [-0.1, -0.05) is 26.0 Å². The van der Waals surface area contributed by atoms with Crippen molar-refractivity contribution in [3.05, 3.63) is 35.0 Å². The summed E-state index contributed by atoms with van der Waals surface area (Å²) < 4.78 is 2.41. The van der Waals surface area contributed by atoms with E-state index in [1.807, 2.05) is 0 Å². The highest BCUT2D eigenvalue weighted by atomic mass is 15.0. The molecule has 0 aliphatic heterocycles. The lowest BCUT2D eigenvalue weighted by Gasteiger charge is -2.26.